The van der Waals surface area contributed by atoms with Crippen molar-refractivity contribution in [3.63, 3.8) is 0 Å². The molecule has 0 bridgehead atoms. The Bertz CT molecular complexity index is 525. The van der Waals surface area contributed by atoms with Crippen LogP contribution in [-0.4, -0.2) is 34.1 Å². The van der Waals surface area contributed by atoms with Gasteiger partial charge in [0, 0.05) is 12.6 Å². The summed E-state index contributed by atoms with van der Waals surface area (Å²) in [4.78, 5) is 11.1. The molecule has 1 aromatic carbocycles. The third kappa shape index (κ3) is 4.98. The number of rotatable bonds is 6. The first-order valence-electron chi connectivity index (χ1n) is 5.74. The average Bonchev–Trinajstić information content (AvgIpc) is 2.37. The summed E-state index contributed by atoms with van der Waals surface area (Å²) in [5.41, 5.74) is 6.61. The maximum atomic E-state index is 11.9. The van der Waals surface area contributed by atoms with Crippen molar-refractivity contribution < 1.29 is 17.9 Å². The highest BCUT2D eigenvalue weighted by atomic mass is 32.2. The molecule has 7 heteroatoms. The Hall–Kier alpha value is -1.44. The van der Waals surface area contributed by atoms with Gasteiger partial charge in [-0.2, -0.15) is 0 Å². The number of hydrogen-bond acceptors (Lipinski definition) is 5. The SMILES string of the molecule is COC(=O)CC(N)CNS(=O)(=O)c1ccc(C)cc1. The molecular weight excluding hydrogens is 268 g/mol. The van der Waals surface area contributed by atoms with E-state index >= 15 is 0 Å². The Morgan fingerprint density at radius 3 is 2.47 bits per heavy atom. The molecule has 0 radical (unpaired) electrons. The molecule has 6 nitrogen and oxygen atoms in total. The number of hydrogen-bond donors (Lipinski definition) is 2. The Morgan fingerprint density at radius 2 is 1.95 bits per heavy atom. The van der Waals surface area contributed by atoms with E-state index in [-0.39, 0.29) is 17.9 Å². The summed E-state index contributed by atoms with van der Waals surface area (Å²) < 4.78 is 30.7. The molecular formula is C12H18N2O4S. The number of carbonyl (C=O) groups excluding carboxylic acids is 1. The molecule has 0 spiro atoms. The number of nitrogens with one attached hydrogen (secondary N) is 1. The number of methoxy groups -OCH3 is 1. The van der Waals surface area contributed by atoms with Gasteiger partial charge in [-0.05, 0) is 19.1 Å². The minimum Gasteiger partial charge on any atom is -0.469 e. The summed E-state index contributed by atoms with van der Waals surface area (Å²) >= 11 is 0. The molecule has 1 atom stereocenters. The molecule has 1 unspecified atom stereocenters. The average molecular weight is 286 g/mol. The molecule has 0 aromatic heterocycles. The molecule has 19 heavy (non-hydrogen) atoms. The lowest BCUT2D eigenvalue weighted by atomic mass is 10.2. The van der Waals surface area contributed by atoms with E-state index in [0.29, 0.717) is 0 Å². The van der Waals surface area contributed by atoms with Gasteiger partial charge in [0.1, 0.15) is 0 Å². The molecule has 106 valence electrons. The number of sulfonamides is 1. The van der Waals surface area contributed by atoms with Crippen LogP contribution in [0, 0.1) is 6.92 Å². The lowest BCUT2D eigenvalue weighted by molar-refractivity contribution is -0.140. The van der Waals surface area contributed by atoms with E-state index in [1.807, 2.05) is 6.92 Å². The first-order valence-corrected chi connectivity index (χ1v) is 7.22. The van der Waals surface area contributed by atoms with Gasteiger partial charge in [-0.3, -0.25) is 4.79 Å². The highest BCUT2D eigenvalue weighted by Gasteiger charge is 2.16. The van der Waals surface area contributed by atoms with Crippen molar-refractivity contribution in [2.45, 2.75) is 24.3 Å². The minimum absolute atomic E-state index is 0.0225. The molecule has 3 N–H and O–H groups in total. The maximum absolute atomic E-state index is 11.9. The van der Waals surface area contributed by atoms with Crippen LogP contribution in [0.25, 0.3) is 0 Å². The van der Waals surface area contributed by atoms with Crippen LogP contribution < -0.4 is 10.5 Å². The van der Waals surface area contributed by atoms with Gasteiger partial charge in [-0.1, -0.05) is 17.7 Å². The third-order valence-electron chi connectivity index (χ3n) is 2.52. The normalized spacial score (nSPS) is 13.0. The van der Waals surface area contributed by atoms with Crippen molar-refractivity contribution in [2.75, 3.05) is 13.7 Å². The maximum Gasteiger partial charge on any atom is 0.307 e. The largest absolute Gasteiger partial charge is 0.469 e. The Balaban J connectivity index is 2.61. The van der Waals surface area contributed by atoms with Crippen LogP contribution in [0.3, 0.4) is 0 Å². The lowest BCUT2D eigenvalue weighted by Gasteiger charge is -2.12. The molecule has 0 aliphatic carbocycles. The summed E-state index contributed by atoms with van der Waals surface area (Å²) in [7, 11) is -2.34. The molecule has 0 amide bonds. The van der Waals surface area contributed by atoms with E-state index in [1.165, 1.54) is 19.2 Å². The Morgan fingerprint density at radius 1 is 1.37 bits per heavy atom. The standard InChI is InChI=1S/C12H18N2O4S/c1-9-3-5-11(6-4-9)19(16,17)14-8-10(13)7-12(15)18-2/h3-6,10,14H,7-8,13H2,1-2H3. The first kappa shape index (κ1) is 15.6. The summed E-state index contributed by atoms with van der Waals surface area (Å²) in [6.07, 6.45) is -0.0348. The molecule has 1 rings (SSSR count). The monoisotopic (exact) mass is 286 g/mol. The second-order valence-electron chi connectivity index (χ2n) is 4.21. The van der Waals surface area contributed by atoms with Crippen molar-refractivity contribution in [3.05, 3.63) is 29.8 Å². The topological polar surface area (TPSA) is 98.5 Å². The zero-order valence-corrected chi connectivity index (χ0v) is 11.7. The number of esters is 1. The number of nitrogens with two attached hydrogens (primary N) is 1. The van der Waals surface area contributed by atoms with E-state index in [4.69, 9.17) is 5.73 Å². The van der Waals surface area contributed by atoms with E-state index in [9.17, 15) is 13.2 Å². The quantitative estimate of drug-likeness (QED) is 0.726. The first-order chi connectivity index (χ1) is 8.85. The zero-order valence-electron chi connectivity index (χ0n) is 10.9. The summed E-state index contributed by atoms with van der Waals surface area (Å²) in [5.74, 6) is -0.470. The van der Waals surface area contributed by atoms with Crippen molar-refractivity contribution in [1.82, 2.24) is 4.72 Å². The second-order valence-corrected chi connectivity index (χ2v) is 5.97. The van der Waals surface area contributed by atoms with Gasteiger partial charge in [-0.25, -0.2) is 13.1 Å². The molecule has 1 aromatic rings. The van der Waals surface area contributed by atoms with Gasteiger partial charge in [0.2, 0.25) is 10.0 Å². The summed E-state index contributed by atoms with van der Waals surface area (Å²) in [6, 6.07) is 5.84. The van der Waals surface area contributed by atoms with Gasteiger partial charge in [0.25, 0.3) is 0 Å². The number of aryl methyl sites for hydroxylation is 1. The highest BCUT2D eigenvalue weighted by molar-refractivity contribution is 7.89. The van der Waals surface area contributed by atoms with E-state index in [2.05, 4.69) is 9.46 Å². The van der Waals surface area contributed by atoms with Crippen LogP contribution in [0.4, 0.5) is 0 Å². The zero-order chi connectivity index (χ0) is 14.5. The van der Waals surface area contributed by atoms with Crippen molar-refractivity contribution >= 4 is 16.0 Å². The Labute approximate surface area is 113 Å². The number of benzene rings is 1. The molecule has 0 aliphatic rings. The van der Waals surface area contributed by atoms with Crippen molar-refractivity contribution in [2.24, 2.45) is 5.73 Å². The molecule has 0 aliphatic heterocycles. The molecule has 0 saturated heterocycles. The van der Waals surface area contributed by atoms with E-state index in [0.717, 1.165) is 5.56 Å². The fourth-order valence-corrected chi connectivity index (χ4v) is 2.48. The van der Waals surface area contributed by atoms with Gasteiger partial charge in [0.05, 0.1) is 18.4 Å². The second kappa shape index (κ2) is 6.65. The van der Waals surface area contributed by atoms with Crippen LogP contribution in [-0.2, 0) is 19.6 Å². The van der Waals surface area contributed by atoms with Crippen LogP contribution in [0.2, 0.25) is 0 Å². The lowest BCUT2D eigenvalue weighted by Crippen LogP contribution is -2.38. The van der Waals surface area contributed by atoms with Crippen LogP contribution in [0.1, 0.15) is 12.0 Å². The van der Waals surface area contributed by atoms with Crippen molar-refractivity contribution in [3.8, 4) is 0 Å². The van der Waals surface area contributed by atoms with Gasteiger partial charge >= 0.3 is 5.97 Å². The third-order valence-corrected chi connectivity index (χ3v) is 3.96. The van der Waals surface area contributed by atoms with Crippen LogP contribution >= 0.6 is 0 Å². The van der Waals surface area contributed by atoms with Crippen molar-refractivity contribution in [1.29, 1.82) is 0 Å². The van der Waals surface area contributed by atoms with Crippen LogP contribution in [0.15, 0.2) is 29.2 Å². The summed E-state index contributed by atoms with van der Waals surface area (Å²) in [5, 5.41) is 0. The van der Waals surface area contributed by atoms with Gasteiger partial charge < -0.3 is 10.5 Å². The molecule has 0 saturated carbocycles. The fourth-order valence-electron chi connectivity index (χ4n) is 1.39. The Kier molecular flexibility index (Phi) is 5.46. The number of ether oxygens (including phenoxy) is 1. The molecule has 0 fully saturated rings. The van der Waals surface area contributed by atoms with Gasteiger partial charge in [0.15, 0.2) is 0 Å². The van der Waals surface area contributed by atoms with E-state index in [1.54, 1.807) is 12.1 Å². The van der Waals surface area contributed by atoms with E-state index < -0.39 is 22.0 Å². The molecule has 0 heterocycles. The highest BCUT2D eigenvalue weighted by Crippen LogP contribution is 2.09. The smallest absolute Gasteiger partial charge is 0.307 e. The predicted molar refractivity (Wildman–Crippen MR) is 71.0 cm³/mol. The number of carbonyl (C=O) groups is 1. The minimum atomic E-state index is -3.60. The predicted octanol–water partition coefficient (Wildman–Crippen LogP) is 0.164. The summed E-state index contributed by atoms with van der Waals surface area (Å²) in [6.45, 7) is 1.85. The van der Waals surface area contributed by atoms with Crippen LogP contribution in [0.5, 0.6) is 0 Å². The fraction of sp³-hybridized carbons (Fsp3) is 0.417. The van der Waals surface area contributed by atoms with Gasteiger partial charge in [-0.15, -0.1) is 0 Å².